The van der Waals surface area contributed by atoms with E-state index in [9.17, 15) is 13.6 Å². The van der Waals surface area contributed by atoms with Crippen LogP contribution in [0.25, 0.3) is 0 Å². The van der Waals surface area contributed by atoms with Gasteiger partial charge in [-0.15, -0.1) is 0 Å². The third-order valence-corrected chi connectivity index (χ3v) is 3.30. The Kier molecular flexibility index (Phi) is 2.70. The molecule has 1 aromatic carbocycles. The molecule has 5 nitrogen and oxygen atoms in total. The average molecular weight is 279 g/mol. The van der Waals surface area contributed by atoms with Gasteiger partial charge in [0.2, 0.25) is 0 Å². The third kappa shape index (κ3) is 1.91. The third-order valence-electron chi connectivity index (χ3n) is 3.30. The van der Waals surface area contributed by atoms with Gasteiger partial charge in [-0.25, -0.2) is 18.3 Å². The molecule has 1 atom stereocenters. The number of hydrogen-bond acceptors (Lipinski definition) is 3. The van der Waals surface area contributed by atoms with Crippen LogP contribution in [0.2, 0.25) is 0 Å². The van der Waals surface area contributed by atoms with Gasteiger partial charge in [0, 0.05) is 6.07 Å². The number of rotatable bonds is 2. The molecule has 2 aromatic rings. The largest absolute Gasteiger partial charge is 0.477 e. The molecule has 0 saturated heterocycles. The van der Waals surface area contributed by atoms with Gasteiger partial charge in [-0.1, -0.05) is 0 Å². The van der Waals surface area contributed by atoms with Crippen LogP contribution in [0.3, 0.4) is 0 Å². The molecule has 0 unspecified atom stereocenters. The summed E-state index contributed by atoms with van der Waals surface area (Å²) < 4.78 is 28.0. The van der Waals surface area contributed by atoms with Gasteiger partial charge in [0.25, 0.3) is 0 Å². The summed E-state index contributed by atoms with van der Waals surface area (Å²) >= 11 is 0. The Morgan fingerprint density at radius 2 is 2.05 bits per heavy atom. The number of aromatic nitrogens is 2. The summed E-state index contributed by atoms with van der Waals surface area (Å²) in [5.41, 5.74) is 0.912. The van der Waals surface area contributed by atoms with E-state index in [4.69, 9.17) is 5.11 Å². The van der Waals surface area contributed by atoms with Crippen LogP contribution in [0.15, 0.2) is 18.2 Å². The lowest BCUT2D eigenvalue weighted by Crippen LogP contribution is -2.10. The van der Waals surface area contributed by atoms with Crippen molar-refractivity contribution in [1.82, 2.24) is 9.78 Å². The first-order chi connectivity index (χ1) is 9.45. The van der Waals surface area contributed by atoms with Gasteiger partial charge in [0.1, 0.15) is 23.0 Å². The van der Waals surface area contributed by atoms with Crippen LogP contribution >= 0.6 is 0 Å². The van der Waals surface area contributed by atoms with Crippen LogP contribution in [0.1, 0.15) is 27.7 Å². The molecule has 0 fully saturated rings. The van der Waals surface area contributed by atoms with Crippen molar-refractivity contribution in [3.05, 3.63) is 46.7 Å². The second-order valence-electron chi connectivity index (χ2n) is 4.70. The van der Waals surface area contributed by atoms with Crippen LogP contribution in [0.5, 0.6) is 0 Å². The van der Waals surface area contributed by atoms with Crippen molar-refractivity contribution in [2.24, 2.45) is 0 Å². The smallest absolute Gasteiger partial charge is 0.341 e. The summed E-state index contributed by atoms with van der Waals surface area (Å²) in [4.78, 5) is 11.2. The molecule has 0 bridgehead atoms. The van der Waals surface area contributed by atoms with Gasteiger partial charge in [-0.3, -0.25) is 0 Å². The van der Waals surface area contributed by atoms with E-state index >= 15 is 0 Å². The minimum atomic E-state index is -1.08. The molecular weight excluding hydrogens is 268 g/mol. The fourth-order valence-corrected chi connectivity index (χ4v) is 2.47. The van der Waals surface area contributed by atoms with E-state index in [2.05, 4.69) is 10.4 Å². The predicted octanol–water partition coefficient (Wildman–Crippen LogP) is 2.33. The molecule has 0 amide bonds. The van der Waals surface area contributed by atoms with Crippen LogP contribution in [0.4, 0.5) is 14.6 Å². The van der Waals surface area contributed by atoms with E-state index in [-0.39, 0.29) is 5.56 Å². The van der Waals surface area contributed by atoms with E-state index in [1.165, 1.54) is 16.8 Å². The zero-order valence-corrected chi connectivity index (χ0v) is 10.5. The topological polar surface area (TPSA) is 67.2 Å². The molecule has 3 rings (SSSR count). The number of nitrogens with one attached hydrogen (secondary N) is 1. The van der Waals surface area contributed by atoms with Crippen molar-refractivity contribution in [2.75, 3.05) is 5.32 Å². The number of benzene rings is 1. The van der Waals surface area contributed by atoms with Crippen molar-refractivity contribution in [2.45, 2.75) is 19.5 Å². The fourth-order valence-electron chi connectivity index (χ4n) is 2.47. The van der Waals surface area contributed by atoms with Crippen molar-refractivity contribution in [3.63, 3.8) is 0 Å². The highest BCUT2D eigenvalue weighted by Crippen LogP contribution is 2.33. The zero-order chi connectivity index (χ0) is 14.4. The van der Waals surface area contributed by atoms with E-state index in [1.54, 1.807) is 6.92 Å². The summed E-state index contributed by atoms with van der Waals surface area (Å²) in [6.45, 7) is 1.93. The maximum atomic E-state index is 13.2. The number of carbonyl (C=O) groups is 1. The van der Waals surface area contributed by atoms with E-state index in [0.717, 1.165) is 6.07 Å². The summed E-state index contributed by atoms with van der Waals surface area (Å²) in [6, 6.07) is 2.84. The molecule has 0 aliphatic carbocycles. The molecule has 2 N–H and O–H groups in total. The van der Waals surface area contributed by atoms with Crippen LogP contribution in [-0.2, 0) is 6.54 Å². The molecule has 1 aliphatic heterocycles. The van der Waals surface area contributed by atoms with Crippen LogP contribution in [-0.4, -0.2) is 20.9 Å². The molecule has 0 radical (unpaired) electrons. The fraction of sp³-hybridized carbons (Fsp3) is 0.231. The molecular formula is C13H11F2N3O2. The van der Waals surface area contributed by atoms with Gasteiger partial charge in [-0.2, -0.15) is 5.10 Å². The lowest BCUT2D eigenvalue weighted by Gasteiger charge is -2.11. The Labute approximate surface area is 112 Å². The highest BCUT2D eigenvalue weighted by atomic mass is 19.1. The first-order valence-corrected chi connectivity index (χ1v) is 5.99. The van der Waals surface area contributed by atoms with Gasteiger partial charge in [0.05, 0.1) is 18.3 Å². The average Bonchev–Trinajstić information content (AvgIpc) is 2.83. The number of hydrogen-bond donors (Lipinski definition) is 2. The molecule has 7 heteroatoms. The maximum Gasteiger partial charge on any atom is 0.341 e. The molecule has 2 heterocycles. The molecule has 104 valence electrons. The number of fused-ring (bicyclic) bond motifs is 1. The first-order valence-electron chi connectivity index (χ1n) is 5.99. The van der Waals surface area contributed by atoms with Crippen LogP contribution in [0, 0.1) is 18.6 Å². The highest BCUT2D eigenvalue weighted by Gasteiger charge is 2.30. The van der Waals surface area contributed by atoms with E-state index < -0.39 is 23.6 Å². The van der Waals surface area contributed by atoms with Gasteiger partial charge in [-0.05, 0) is 24.6 Å². The Balaban J connectivity index is 1.96. The van der Waals surface area contributed by atoms with Gasteiger partial charge < -0.3 is 10.4 Å². The lowest BCUT2D eigenvalue weighted by atomic mass is 10.1. The number of aryl methyl sites for hydroxylation is 1. The molecule has 0 saturated carbocycles. The monoisotopic (exact) mass is 279 g/mol. The van der Waals surface area contributed by atoms with Crippen molar-refractivity contribution < 1.29 is 18.7 Å². The molecule has 1 aliphatic rings. The number of nitrogens with zero attached hydrogens (tertiary/aromatic N) is 2. The minimum absolute atomic E-state index is 0.0874. The number of carboxylic acid groups (broad SMARTS) is 1. The number of halogens is 2. The molecule has 1 aromatic heterocycles. The molecule has 20 heavy (non-hydrogen) atoms. The van der Waals surface area contributed by atoms with Gasteiger partial charge >= 0.3 is 5.97 Å². The predicted molar refractivity (Wildman–Crippen MR) is 66.6 cm³/mol. The Morgan fingerprint density at radius 3 is 2.65 bits per heavy atom. The lowest BCUT2D eigenvalue weighted by molar-refractivity contribution is 0.0697. The summed E-state index contributed by atoms with van der Waals surface area (Å²) in [7, 11) is 0. The normalized spacial score (nSPS) is 16.9. The van der Waals surface area contributed by atoms with Crippen LogP contribution < -0.4 is 5.32 Å². The second kappa shape index (κ2) is 4.29. The zero-order valence-electron chi connectivity index (χ0n) is 10.5. The number of carboxylic acids is 1. The van der Waals surface area contributed by atoms with Crippen molar-refractivity contribution in [1.29, 1.82) is 0 Å². The maximum absolute atomic E-state index is 13.2. The Bertz CT molecular complexity index is 692. The standard InChI is InChI=1S/C13H11F2N3O2/c1-6-11(13(19)20)12-16-10(5-18(12)17-6)7-2-8(14)4-9(15)3-7/h2-4,10,16H,5H2,1H3,(H,19,20)/t10-/m0/s1. The summed E-state index contributed by atoms with van der Waals surface area (Å²) in [6.07, 6.45) is 0. The minimum Gasteiger partial charge on any atom is -0.477 e. The van der Waals surface area contributed by atoms with Crippen molar-refractivity contribution >= 4 is 11.8 Å². The van der Waals surface area contributed by atoms with Gasteiger partial charge in [0.15, 0.2) is 0 Å². The Hall–Kier alpha value is -2.44. The summed E-state index contributed by atoms with van der Waals surface area (Å²) in [5, 5.41) is 16.2. The van der Waals surface area contributed by atoms with Crippen molar-refractivity contribution in [3.8, 4) is 0 Å². The first kappa shape index (κ1) is 12.6. The van der Waals surface area contributed by atoms with E-state index in [0.29, 0.717) is 23.6 Å². The quantitative estimate of drug-likeness (QED) is 0.885. The summed E-state index contributed by atoms with van der Waals surface area (Å²) in [5.74, 6) is -2.05. The Morgan fingerprint density at radius 1 is 1.40 bits per heavy atom. The van der Waals surface area contributed by atoms with E-state index in [1.807, 2.05) is 0 Å². The molecule has 0 spiro atoms. The second-order valence-corrected chi connectivity index (χ2v) is 4.70. The number of aromatic carboxylic acids is 1. The number of anilines is 1. The highest BCUT2D eigenvalue weighted by molar-refractivity contribution is 5.95. The SMILES string of the molecule is Cc1nn2c(c1C(=O)O)N[C@H](c1cc(F)cc(F)c1)C2.